The van der Waals surface area contributed by atoms with Crippen molar-refractivity contribution in [2.24, 2.45) is 0 Å². The zero-order valence-electron chi connectivity index (χ0n) is 14.6. The molecule has 2 aromatic rings. The number of benzene rings is 1. The number of rotatable bonds is 4. The number of carbonyl (C=O) groups is 1. The third kappa shape index (κ3) is 4.28. The fourth-order valence-corrected chi connectivity index (χ4v) is 3.05. The lowest BCUT2D eigenvalue weighted by Crippen LogP contribution is -2.45. The zero-order chi connectivity index (χ0) is 17.8. The van der Waals surface area contributed by atoms with Gasteiger partial charge >= 0.3 is 0 Å². The second-order valence-corrected chi connectivity index (χ2v) is 6.46. The van der Waals surface area contributed by atoms with Crippen molar-refractivity contribution < 1.29 is 9.53 Å². The molecule has 0 spiro atoms. The number of hydrogen-bond donors (Lipinski definition) is 2. The Hall–Kier alpha value is -2.60. The first-order chi connectivity index (χ1) is 12.0. The lowest BCUT2D eigenvalue weighted by atomic mass is 10.1. The van der Waals surface area contributed by atoms with Crippen molar-refractivity contribution in [3.05, 3.63) is 53.7 Å². The first kappa shape index (κ1) is 17.2. The summed E-state index contributed by atoms with van der Waals surface area (Å²) in [5.41, 5.74) is 7.74. The van der Waals surface area contributed by atoms with Crippen LogP contribution in [0.25, 0.3) is 0 Å². The summed E-state index contributed by atoms with van der Waals surface area (Å²) < 4.78 is 5.75. The first-order valence-electron chi connectivity index (χ1n) is 8.51. The number of carbonyl (C=O) groups excluding carboxylic acids is 1. The van der Waals surface area contributed by atoms with Crippen LogP contribution in [0.15, 0.2) is 42.6 Å². The summed E-state index contributed by atoms with van der Waals surface area (Å²) in [6.45, 7) is 6.22. The maximum Gasteiger partial charge on any atom is 0.253 e. The van der Waals surface area contributed by atoms with Crippen LogP contribution in [-0.4, -0.2) is 36.2 Å². The van der Waals surface area contributed by atoms with Crippen LogP contribution in [0.4, 0.5) is 11.5 Å². The monoisotopic (exact) mass is 340 g/mol. The van der Waals surface area contributed by atoms with E-state index in [9.17, 15) is 4.79 Å². The van der Waals surface area contributed by atoms with Crippen molar-refractivity contribution in [1.82, 2.24) is 10.3 Å². The maximum absolute atomic E-state index is 12.2. The molecule has 6 heteroatoms. The average Bonchev–Trinajstić information content (AvgIpc) is 2.60. The molecule has 1 aromatic heterocycles. The minimum Gasteiger partial charge on any atom is -0.398 e. The van der Waals surface area contributed by atoms with Crippen LogP contribution in [0, 0.1) is 0 Å². The van der Waals surface area contributed by atoms with Gasteiger partial charge in [-0.15, -0.1) is 0 Å². The van der Waals surface area contributed by atoms with Gasteiger partial charge in [0.15, 0.2) is 0 Å². The summed E-state index contributed by atoms with van der Waals surface area (Å²) in [4.78, 5) is 19.0. The first-order valence-corrected chi connectivity index (χ1v) is 8.51. The molecule has 3 N–H and O–H groups in total. The van der Waals surface area contributed by atoms with Gasteiger partial charge in [0.25, 0.3) is 5.91 Å². The van der Waals surface area contributed by atoms with E-state index < -0.39 is 0 Å². The quantitative estimate of drug-likeness (QED) is 0.834. The van der Waals surface area contributed by atoms with Crippen LogP contribution in [0.1, 0.15) is 29.8 Å². The number of hydrogen-bond acceptors (Lipinski definition) is 5. The lowest BCUT2D eigenvalue weighted by Gasteiger charge is -2.36. The Balaban J connectivity index is 1.59. The lowest BCUT2D eigenvalue weighted by molar-refractivity contribution is -0.00546. The number of nitrogens with two attached hydrogens (primary N) is 1. The minimum atomic E-state index is -0.182. The van der Waals surface area contributed by atoms with E-state index in [0.717, 1.165) is 24.5 Å². The van der Waals surface area contributed by atoms with Gasteiger partial charge in [-0.25, -0.2) is 4.98 Å². The summed E-state index contributed by atoms with van der Waals surface area (Å²) in [5, 5.41) is 2.88. The molecule has 1 aromatic carbocycles. The molecule has 1 fully saturated rings. The zero-order valence-corrected chi connectivity index (χ0v) is 14.6. The third-order valence-corrected chi connectivity index (χ3v) is 4.21. The maximum atomic E-state index is 12.2. The summed E-state index contributed by atoms with van der Waals surface area (Å²) >= 11 is 0. The molecule has 0 aliphatic carbocycles. The molecule has 3 rings (SSSR count). The van der Waals surface area contributed by atoms with E-state index in [-0.39, 0.29) is 18.1 Å². The highest BCUT2D eigenvalue weighted by Crippen LogP contribution is 2.18. The fourth-order valence-electron chi connectivity index (χ4n) is 3.05. The Kier molecular flexibility index (Phi) is 5.19. The molecule has 0 radical (unpaired) electrons. The van der Waals surface area contributed by atoms with Crippen molar-refractivity contribution in [2.45, 2.75) is 32.6 Å². The van der Waals surface area contributed by atoms with Crippen LogP contribution in [0.5, 0.6) is 0 Å². The second kappa shape index (κ2) is 7.53. The predicted octanol–water partition coefficient (Wildman–Crippen LogP) is 2.21. The van der Waals surface area contributed by atoms with Gasteiger partial charge in [-0.3, -0.25) is 4.79 Å². The van der Waals surface area contributed by atoms with Crippen molar-refractivity contribution in [1.29, 1.82) is 0 Å². The smallest absolute Gasteiger partial charge is 0.253 e. The Morgan fingerprint density at radius 3 is 2.60 bits per heavy atom. The third-order valence-electron chi connectivity index (χ3n) is 4.21. The summed E-state index contributed by atoms with van der Waals surface area (Å²) in [5.74, 6) is 0.752. The molecule has 1 aliphatic heterocycles. The molecule has 2 atom stereocenters. The van der Waals surface area contributed by atoms with E-state index >= 15 is 0 Å². The van der Waals surface area contributed by atoms with Crippen molar-refractivity contribution >= 4 is 17.4 Å². The molecule has 1 amide bonds. The Morgan fingerprint density at radius 2 is 1.96 bits per heavy atom. The van der Waals surface area contributed by atoms with E-state index in [2.05, 4.69) is 29.0 Å². The number of nitrogens with zero attached hydrogens (tertiary/aromatic N) is 2. The number of nitrogen functional groups attached to an aromatic ring is 1. The van der Waals surface area contributed by atoms with Gasteiger partial charge in [-0.1, -0.05) is 18.2 Å². The number of ether oxygens (including phenoxy) is 1. The number of nitrogens with one attached hydrogen (secondary N) is 1. The Labute approximate surface area is 148 Å². The van der Waals surface area contributed by atoms with Crippen LogP contribution < -0.4 is 16.0 Å². The number of aromatic nitrogens is 1. The number of pyridine rings is 1. The molecule has 0 saturated carbocycles. The van der Waals surface area contributed by atoms with E-state index in [4.69, 9.17) is 10.5 Å². The molecule has 25 heavy (non-hydrogen) atoms. The molecular formula is C19H24N4O2. The van der Waals surface area contributed by atoms with Crippen LogP contribution >= 0.6 is 0 Å². The van der Waals surface area contributed by atoms with E-state index in [1.54, 1.807) is 24.4 Å². The summed E-state index contributed by atoms with van der Waals surface area (Å²) in [6, 6.07) is 11.0. The normalized spacial score (nSPS) is 20.3. The highest BCUT2D eigenvalue weighted by Gasteiger charge is 2.22. The average molecular weight is 340 g/mol. The van der Waals surface area contributed by atoms with Crippen LogP contribution in [0.3, 0.4) is 0 Å². The SMILES string of the molecule is CC1CN(c2ccc(CNC(=O)c3ccccc3N)cn2)CC(C)O1. The van der Waals surface area contributed by atoms with Gasteiger partial charge in [0.1, 0.15) is 5.82 Å². The molecule has 1 aliphatic rings. The molecule has 6 nitrogen and oxygen atoms in total. The number of amides is 1. The van der Waals surface area contributed by atoms with Crippen molar-refractivity contribution in [2.75, 3.05) is 23.7 Å². The van der Waals surface area contributed by atoms with E-state index in [0.29, 0.717) is 17.8 Å². The number of morpholine rings is 1. The highest BCUT2D eigenvalue weighted by atomic mass is 16.5. The topological polar surface area (TPSA) is 80.5 Å². The molecule has 132 valence electrons. The van der Waals surface area contributed by atoms with Gasteiger partial charge in [-0.05, 0) is 37.6 Å². The fraction of sp³-hybridized carbons (Fsp3) is 0.368. The molecular weight excluding hydrogens is 316 g/mol. The number of para-hydroxylation sites is 1. The van der Waals surface area contributed by atoms with Gasteiger partial charge in [0, 0.05) is 31.5 Å². The molecule has 2 heterocycles. The molecule has 0 bridgehead atoms. The van der Waals surface area contributed by atoms with Crippen molar-refractivity contribution in [3.63, 3.8) is 0 Å². The number of anilines is 2. The molecule has 2 unspecified atom stereocenters. The molecule has 1 saturated heterocycles. The van der Waals surface area contributed by atoms with Gasteiger partial charge in [0.05, 0.1) is 17.8 Å². The summed E-state index contributed by atoms with van der Waals surface area (Å²) in [6.07, 6.45) is 2.19. The van der Waals surface area contributed by atoms with Crippen LogP contribution in [0.2, 0.25) is 0 Å². The van der Waals surface area contributed by atoms with E-state index in [1.807, 2.05) is 18.2 Å². The van der Waals surface area contributed by atoms with Gasteiger partial charge in [-0.2, -0.15) is 0 Å². The minimum absolute atomic E-state index is 0.182. The standard InChI is InChI=1S/C19H24N4O2/c1-13-11-23(12-14(2)25-13)18-8-7-15(9-21-18)10-22-19(24)16-5-3-4-6-17(16)20/h3-9,13-14H,10-12,20H2,1-2H3,(H,22,24). The predicted molar refractivity (Wildman–Crippen MR) is 98.5 cm³/mol. The van der Waals surface area contributed by atoms with Gasteiger partial charge < -0.3 is 20.7 Å². The van der Waals surface area contributed by atoms with E-state index in [1.165, 1.54) is 0 Å². The van der Waals surface area contributed by atoms with Crippen LogP contribution in [-0.2, 0) is 11.3 Å². The van der Waals surface area contributed by atoms with Crippen molar-refractivity contribution in [3.8, 4) is 0 Å². The second-order valence-electron chi connectivity index (χ2n) is 6.46. The largest absolute Gasteiger partial charge is 0.398 e. The summed E-state index contributed by atoms with van der Waals surface area (Å²) in [7, 11) is 0. The van der Waals surface area contributed by atoms with Gasteiger partial charge in [0.2, 0.25) is 0 Å². The Morgan fingerprint density at radius 1 is 1.24 bits per heavy atom. The Bertz CT molecular complexity index is 722. The highest BCUT2D eigenvalue weighted by molar-refractivity contribution is 5.98.